The molecule has 0 amide bonds. The summed E-state index contributed by atoms with van der Waals surface area (Å²) in [6.45, 7) is 6.69. The smallest absolute Gasteiger partial charge is 0.129 e. The predicted molar refractivity (Wildman–Crippen MR) is 68.4 cm³/mol. The Hall–Kier alpha value is -1.53. The zero-order chi connectivity index (χ0) is 11.3. The third-order valence-electron chi connectivity index (χ3n) is 1.72. The van der Waals surface area contributed by atoms with E-state index in [1.807, 2.05) is 24.3 Å². The number of rotatable bonds is 1. The molecule has 0 radical (unpaired) electrons. The minimum absolute atomic E-state index is 0.996. The second-order valence-corrected chi connectivity index (χ2v) is 9.15. The van der Waals surface area contributed by atoms with Gasteiger partial charge in [-0.05, 0) is 17.7 Å². The summed E-state index contributed by atoms with van der Waals surface area (Å²) in [5.74, 6) is 8.25. The van der Waals surface area contributed by atoms with Crippen molar-refractivity contribution in [3.05, 3.63) is 35.4 Å². The maximum absolute atomic E-state index is 5.06. The Balaban J connectivity index is 2.84. The molecule has 2 nitrogen and oxygen atoms in total. The van der Waals surface area contributed by atoms with Crippen LogP contribution >= 0.6 is 0 Å². The van der Waals surface area contributed by atoms with E-state index < -0.39 is 8.07 Å². The number of hydrogen-bond acceptors (Lipinski definition) is 2. The number of hydrazone groups is 1. The zero-order valence-electron chi connectivity index (χ0n) is 9.41. The Morgan fingerprint density at radius 2 is 1.80 bits per heavy atom. The van der Waals surface area contributed by atoms with E-state index in [2.05, 4.69) is 36.2 Å². The summed E-state index contributed by atoms with van der Waals surface area (Å²) in [5, 5.41) is 3.47. The van der Waals surface area contributed by atoms with Crippen molar-refractivity contribution in [1.29, 1.82) is 0 Å². The van der Waals surface area contributed by atoms with Gasteiger partial charge in [0.2, 0.25) is 0 Å². The van der Waals surface area contributed by atoms with Gasteiger partial charge in [0.15, 0.2) is 0 Å². The second kappa shape index (κ2) is 4.81. The molecule has 2 N–H and O–H groups in total. The monoisotopic (exact) mass is 216 g/mol. The van der Waals surface area contributed by atoms with Crippen LogP contribution in [0.2, 0.25) is 19.6 Å². The number of nitrogens with two attached hydrogens (primary N) is 1. The van der Waals surface area contributed by atoms with Gasteiger partial charge < -0.3 is 5.84 Å². The lowest BCUT2D eigenvalue weighted by atomic mass is 10.1. The molecule has 15 heavy (non-hydrogen) atoms. The average molecular weight is 216 g/mol. The average Bonchev–Trinajstić information content (AvgIpc) is 2.16. The maximum atomic E-state index is 5.06. The number of benzene rings is 1. The fourth-order valence-corrected chi connectivity index (χ4v) is 1.52. The van der Waals surface area contributed by atoms with E-state index in [-0.39, 0.29) is 0 Å². The quantitative estimate of drug-likeness (QED) is 0.252. The predicted octanol–water partition coefficient (Wildman–Crippen LogP) is 2.21. The van der Waals surface area contributed by atoms with Gasteiger partial charge in [0.25, 0.3) is 0 Å². The molecule has 0 heterocycles. The first kappa shape index (κ1) is 11.5. The van der Waals surface area contributed by atoms with Gasteiger partial charge in [-0.25, -0.2) is 0 Å². The fraction of sp³-hybridized carbons (Fsp3) is 0.250. The van der Waals surface area contributed by atoms with Gasteiger partial charge in [0, 0.05) is 5.56 Å². The molecule has 78 valence electrons. The summed E-state index contributed by atoms with van der Waals surface area (Å²) in [5.41, 5.74) is 5.36. The molecule has 0 bridgehead atoms. The van der Waals surface area contributed by atoms with Crippen LogP contribution in [0.5, 0.6) is 0 Å². The molecule has 1 rings (SSSR count). The number of nitrogens with zero attached hydrogens (tertiary/aromatic N) is 1. The normalized spacial score (nSPS) is 11.1. The Morgan fingerprint density at radius 1 is 1.20 bits per heavy atom. The molecule has 0 aliphatic rings. The van der Waals surface area contributed by atoms with Crippen LogP contribution in [0.4, 0.5) is 0 Å². The molecule has 0 aromatic heterocycles. The molecular weight excluding hydrogens is 200 g/mol. The summed E-state index contributed by atoms with van der Waals surface area (Å²) in [7, 11) is -1.28. The third kappa shape index (κ3) is 4.48. The Labute approximate surface area is 92.2 Å². The highest BCUT2D eigenvalue weighted by atomic mass is 28.3. The van der Waals surface area contributed by atoms with Crippen molar-refractivity contribution in [3.63, 3.8) is 0 Å². The van der Waals surface area contributed by atoms with E-state index in [0.29, 0.717) is 0 Å². The summed E-state index contributed by atoms with van der Waals surface area (Å²) in [6.07, 6.45) is 1.62. The van der Waals surface area contributed by atoms with Gasteiger partial charge >= 0.3 is 0 Å². The lowest BCUT2D eigenvalue weighted by Gasteiger charge is -2.03. The minimum atomic E-state index is -1.28. The molecular formula is C12H16N2Si. The largest absolute Gasteiger partial charge is 0.323 e. The van der Waals surface area contributed by atoms with Crippen LogP contribution in [0.25, 0.3) is 0 Å². The van der Waals surface area contributed by atoms with Gasteiger partial charge in [0.05, 0.1) is 6.21 Å². The van der Waals surface area contributed by atoms with Gasteiger partial charge in [-0.3, -0.25) is 0 Å². The Bertz CT molecular complexity index is 402. The van der Waals surface area contributed by atoms with E-state index in [0.717, 1.165) is 11.1 Å². The molecule has 0 aliphatic heterocycles. The summed E-state index contributed by atoms with van der Waals surface area (Å²) in [4.78, 5) is 0. The van der Waals surface area contributed by atoms with E-state index in [4.69, 9.17) is 5.84 Å². The van der Waals surface area contributed by atoms with Gasteiger partial charge in [-0.1, -0.05) is 37.7 Å². The van der Waals surface area contributed by atoms with Crippen molar-refractivity contribution in [2.75, 3.05) is 0 Å². The number of hydrogen-bond donors (Lipinski definition) is 1. The third-order valence-corrected chi connectivity index (χ3v) is 2.59. The standard InChI is InChI=1S/C12H16N2Si/c1-15(2,3)9-8-11-4-6-12(7-5-11)10-14-13/h4-7,10H,13H2,1-3H3. The summed E-state index contributed by atoms with van der Waals surface area (Å²) < 4.78 is 0. The topological polar surface area (TPSA) is 38.4 Å². The van der Waals surface area contributed by atoms with Crippen LogP contribution in [0.3, 0.4) is 0 Å². The SMILES string of the molecule is C[Si](C)(C)C#Cc1ccc(C=NN)cc1. The van der Waals surface area contributed by atoms with E-state index in [1.165, 1.54) is 0 Å². The second-order valence-electron chi connectivity index (χ2n) is 4.40. The Kier molecular flexibility index (Phi) is 3.70. The molecule has 0 saturated carbocycles. The first-order chi connectivity index (χ1) is 7.01. The molecule has 0 spiro atoms. The van der Waals surface area contributed by atoms with Crippen molar-refractivity contribution in [3.8, 4) is 11.5 Å². The molecule has 0 atom stereocenters. The van der Waals surface area contributed by atoms with Crippen molar-refractivity contribution >= 4 is 14.3 Å². The highest BCUT2D eigenvalue weighted by Gasteiger charge is 2.07. The van der Waals surface area contributed by atoms with Gasteiger partial charge in [-0.2, -0.15) is 5.10 Å². The molecule has 1 aromatic rings. The van der Waals surface area contributed by atoms with E-state index in [1.54, 1.807) is 6.21 Å². The van der Waals surface area contributed by atoms with Crippen LogP contribution in [0, 0.1) is 11.5 Å². The minimum Gasteiger partial charge on any atom is -0.323 e. The van der Waals surface area contributed by atoms with Crippen LogP contribution in [0.15, 0.2) is 29.4 Å². The molecule has 1 aromatic carbocycles. The molecule has 0 aliphatic carbocycles. The molecule has 0 saturated heterocycles. The fourth-order valence-electron chi connectivity index (χ4n) is 0.998. The van der Waals surface area contributed by atoms with Crippen molar-refractivity contribution in [2.45, 2.75) is 19.6 Å². The molecule has 0 unspecified atom stereocenters. The van der Waals surface area contributed by atoms with Crippen LogP contribution in [-0.4, -0.2) is 14.3 Å². The highest BCUT2D eigenvalue weighted by molar-refractivity contribution is 6.83. The van der Waals surface area contributed by atoms with Crippen LogP contribution in [-0.2, 0) is 0 Å². The van der Waals surface area contributed by atoms with Crippen LogP contribution < -0.4 is 5.84 Å². The first-order valence-corrected chi connectivity index (χ1v) is 8.38. The Morgan fingerprint density at radius 3 is 2.27 bits per heavy atom. The van der Waals surface area contributed by atoms with Crippen LogP contribution in [0.1, 0.15) is 11.1 Å². The van der Waals surface area contributed by atoms with Crippen molar-refractivity contribution in [1.82, 2.24) is 0 Å². The highest BCUT2D eigenvalue weighted by Crippen LogP contribution is 2.02. The molecule has 3 heteroatoms. The molecule has 0 fully saturated rings. The lowest BCUT2D eigenvalue weighted by Crippen LogP contribution is -2.16. The zero-order valence-corrected chi connectivity index (χ0v) is 10.4. The van der Waals surface area contributed by atoms with Gasteiger partial charge in [-0.15, -0.1) is 5.54 Å². The first-order valence-electron chi connectivity index (χ1n) is 4.88. The van der Waals surface area contributed by atoms with E-state index >= 15 is 0 Å². The lowest BCUT2D eigenvalue weighted by molar-refractivity contribution is 1.26. The summed E-state index contributed by atoms with van der Waals surface area (Å²) in [6, 6.07) is 7.91. The van der Waals surface area contributed by atoms with E-state index in [9.17, 15) is 0 Å². The van der Waals surface area contributed by atoms with Crippen molar-refractivity contribution in [2.24, 2.45) is 10.9 Å². The van der Waals surface area contributed by atoms with Gasteiger partial charge in [0.1, 0.15) is 8.07 Å². The summed E-state index contributed by atoms with van der Waals surface area (Å²) >= 11 is 0. The van der Waals surface area contributed by atoms with Crippen molar-refractivity contribution < 1.29 is 0 Å². The maximum Gasteiger partial charge on any atom is 0.129 e.